The number of thiophene rings is 1. The minimum atomic E-state index is -0.396. The smallest absolute Gasteiger partial charge is 0.0991 e. The number of rotatable bonds is 8. The fraction of sp³-hybridized carbons (Fsp3) is 0.0580. The fourth-order valence-corrected chi connectivity index (χ4v) is 13.1. The van der Waals surface area contributed by atoms with E-state index in [1.807, 2.05) is 23.5 Å². The highest BCUT2D eigenvalue weighted by Gasteiger charge is 2.39. The maximum atomic E-state index is 9.90. The lowest BCUT2D eigenvalue weighted by molar-refractivity contribution is 0.661. The molecule has 5 heteroatoms. The predicted octanol–water partition coefficient (Wildman–Crippen LogP) is 19.3. The summed E-state index contributed by atoms with van der Waals surface area (Å²) in [7, 11) is 2.21. The molecular weight excluding hydrogens is 917 g/mol. The second kappa shape index (κ2) is 17.0. The molecule has 0 aliphatic heterocycles. The van der Waals surface area contributed by atoms with Crippen molar-refractivity contribution < 1.29 is 0 Å². The number of benzene rings is 11. The molecule has 74 heavy (non-hydrogen) atoms. The Labute approximate surface area is 434 Å². The molecule has 1 aliphatic rings. The van der Waals surface area contributed by atoms with E-state index in [1.165, 1.54) is 86.1 Å². The molecule has 0 atom stereocenters. The van der Waals surface area contributed by atoms with Crippen molar-refractivity contribution in [1.29, 1.82) is 5.26 Å². The van der Waals surface area contributed by atoms with Crippen LogP contribution in [-0.2, 0) is 12.5 Å². The van der Waals surface area contributed by atoms with Gasteiger partial charge in [-0.2, -0.15) is 5.26 Å². The summed E-state index contributed by atoms with van der Waals surface area (Å²) in [5.41, 5.74) is 18.8. The van der Waals surface area contributed by atoms with E-state index in [9.17, 15) is 5.26 Å². The van der Waals surface area contributed by atoms with Gasteiger partial charge in [0.25, 0.3) is 0 Å². The van der Waals surface area contributed by atoms with Crippen LogP contribution in [-0.4, -0.2) is 4.57 Å². The number of fused-ring (bicyclic) bond motifs is 11. The Morgan fingerprint density at radius 3 is 1.76 bits per heavy atom. The third-order valence-corrected chi connectivity index (χ3v) is 16.7. The van der Waals surface area contributed by atoms with E-state index in [0.717, 1.165) is 45.3 Å². The molecule has 14 rings (SSSR count). The monoisotopic (exact) mass is 964 g/mol. The third-order valence-electron chi connectivity index (χ3n) is 15.6. The van der Waals surface area contributed by atoms with Gasteiger partial charge in [-0.1, -0.05) is 159 Å². The standard InChI is InChI=1S/C69H48N4S/c1-69(2)60-41-50(72(47-31-29-44(43-70)30-32-47)48-33-36-51(45-17-6-4-7-18-45)58(39-48)46-19-8-5-9-20-46)34-37-57(60)67-55-24-11-10-21-52(55)64(42-61(67)69)73(49-35-38-66-59(40-49)54-23-13-15-28-65(54)74-66)63-27-16-25-56-53-22-12-14-26-62(53)71(3)68(56)63/h4-42H,1-3H3. The number of hydrogen-bond acceptors (Lipinski definition) is 4. The molecule has 4 nitrogen and oxygen atoms in total. The van der Waals surface area contributed by atoms with Gasteiger partial charge in [-0.05, 0) is 141 Å². The molecule has 0 saturated carbocycles. The van der Waals surface area contributed by atoms with E-state index in [0.29, 0.717) is 5.56 Å². The molecule has 0 bridgehead atoms. The van der Waals surface area contributed by atoms with Gasteiger partial charge in [0.1, 0.15) is 0 Å². The van der Waals surface area contributed by atoms with Crippen molar-refractivity contribution in [2.24, 2.45) is 7.05 Å². The molecule has 0 unspecified atom stereocenters. The summed E-state index contributed by atoms with van der Waals surface area (Å²) in [6.45, 7) is 4.79. The summed E-state index contributed by atoms with van der Waals surface area (Å²) in [5.74, 6) is 0. The summed E-state index contributed by atoms with van der Waals surface area (Å²) in [6.07, 6.45) is 0. The zero-order valence-corrected chi connectivity index (χ0v) is 42.0. The summed E-state index contributed by atoms with van der Waals surface area (Å²) in [6, 6.07) is 88.4. The number of aromatic nitrogens is 1. The highest BCUT2D eigenvalue weighted by atomic mass is 32.1. The fourth-order valence-electron chi connectivity index (χ4n) is 12.1. The van der Waals surface area contributed by atoms with Crippen LogP contribution in [0.25, 0.3) is 86.1 Å². The average molecular weight is 965 g/mol. The molecule has 0 amide bonds. The minimum absolute atomic E-state index is 0.396. The quantitative estimate of drug-likeness (QED) is 0.152. The Morgan fingerprint density at radius 2 is 1.00 bits per heavy atom. The molecule has 1 aliphatic carbocycles. The zero-order valence-electron chi connectivity index (χ0n) is 41.2. The van der Waals surface area contributed by atoms with Crippen molar-refractivity contribution >= 4 is 98.2 Å². The van der Waals surface area contributed by atoms with E-state index in [4.69, 9.17) is 0 Å². The second-order valence-corrected chi connectivity index (χ2v) is 21.1. The van der Waals surface area contributed by atoms with Crippen LogP contribution in [0.3, 0.4) is 0 Å². The van der Waals surface area contributed by atoms with Crippen LogP contribution in [0.4, 0.5) is 34.1 Å². The number of nitriles is 1. The Bertz CT molecular complexity index is 4420. The highest BCUT2D eigenvalue weighted by molar-refractivity contribution is 7.25. The molecular formula is C69H48N4S. The molecule has 0 fully saturated rings. The molecule has 0 N–H and O–H groups in total. The summed E-state index contributed by atoms with van der Waals surface area (Å²) >= 11 is 1.86. The van der Waals surface area contributed by atoms with Gasteiger partial charge in [-0.15, -0.1) is 11.3 Å². The molecule has 350 valence electrons. The van der Waals surface area contributed by atoms with Gasteiger partial charge in [0.05, 0.1) is 28.5 Å². The van der Waals surface area contributed by atoms with Crippen LogP contribution in [0.15, 0.2) is 237 Å². The van der Waals surface area contributed by atoms with Gasteiger partial charge in [-0.25, -0.2) is 0 Å². The summed E-state index contributed by atoms with van der Waals surface area (Å²) in [5, 5.41) is 17.3. The van der Waals surface area contributed by atoms with E-state index in [2.05, 4.69) is 266 Å². The summed E-state index contributed by atoms with van der Waals surface area (Å²) < 4.78 is 4.95. The van der Waals surface area contributed by atoms with Gasteiger partial charge < -0.3 is 14.4 Å². The minimum Gasteiger partial charge on any atom is -0.342 e. The van der Waals surface area contributed by atoms with Crippen molar-refractivity contribution in [2.75, 3.05) is 9.80 Å². The van der Waals surface area contributed by atoms with Gasteiger partial charge in [0.2, 0.25) is 0 Å². The van der Waals surface area contributed by atoms with Crippen LogP contribution in [0, 0.1) is 11.3 Å². The van der Waals surface area contributed by atoms with Crippen LogP contribution < -0.4 is 9.80 Å². The lowest BCUT2D eigenvalue weighted by Crippen LogP contribution is -2.18. The predicted molar refractivity (Wildman–Crippen MR) is 313 cm³/mol. The van der Waals surface area contributed by atoms with Gasteiger partial charge in [0, 0.05) is 77.1 Å². The second-order valence-electron chi connectivity index (χ2n) is 20.0. The molecule has 0 radical (unpaired) electrons. The van der Waals surface area contributed by atoms with Crippen LogP contribution in [0.5, 0.6) is 0 Å². The van der Waals surface area contributed by atoms with Crippen molar-refractivity contribution in [3.63, 3.8) is 0 Å². The number of para-hydroxylation sites is 2. The van der Waals surface area contributed by atoms with Crippen molar-refractivity contribution in [1.82, 2.24) is 4.57 Å². The molecule has 2 aromatic heterocycles. The van der Waals surface area contributed by atoms with Gasteiger partial charge >= 0.3 is 0 Å². The zero-order chi connectivity index (χ0) is 49.7. The Kier molecular flexibility index (Phi) is 9.98. The van der Waals surface area contributed by atoms with Crippen molar-refractivity contribution in [3.05, 3.63) is 253 Å². The van der Waals surface area contributed by atoms with Crippen LogP contribution in [0.1, 0.15) is 30.5 Å². The maximum Gasteiger partial charge on any atom is 0.0991 e. The van der Waals surface area contributed by atoms with Crippen molar-refractivity contribution in [2.45, 2.75) is 19.3 Å². The first-order valence-corrected chi connectivity index (χ1v) is 26.1. The number of nitrogens with zero attached hydrogens (tertiary/aromatic N) is 4. The SMILES string of the molecule is Cn1c2ccccc2c2cccc(N(c3ccc4sc5ccccc5c4c3)c3cc4c(c5ccccc35)-c3ccc(N(c5ccc(C#N)cc5)c5ccc(-c6ccccc6)c(-c6ccccc6)c5)cc3C4(C)C)c21. The average Bonchev–Trinajstić information content (AvgIpc) is 4.09. The van der Waals surface area contributed by atoms with E-state index in [-0.39, 0.29) is 0 Å². The lowest BCUT2D eigenvalue weighted by atomic mass is 9.81. The first-order valence-electron chi connectivity index (χ1n) is 25.3. The largest absolute Gasteiger partial charge is 0.342 e. The summed E-state index contributed by atoms with van der Waals surface area (Å²) in [4.78, 5) is 4.89. The van der Waals surface area contributed by atoms with E-state index < -0.39 is 5.41 Å². The molecule has 13 aromatic rings. The molecule has 0 saturated heterocycles. The first kappa shape index (κ1) is 43.6. The Morgan fingerprint density at radius 1 is 0.419 bits per heavy atom. The van der Waals surface area contributed by atoms with Crippen LogP contribution >= 0.6 is 11.3 Å². The number of hydrogen-bond donors (Lipinski definition) is 0. The van der Waals surface area contributed by atoms with E-state index in [1.54, 1.807) is 0 Å². The topological polar surface area (TPSA) is 35.2 Å². The third kappa shape index (κ3) is 6.73. The maximum absolute atomic E-state index is 9.90. The first-order chi connectivity index (χ1) is 36.3. The molecule has 2 heterocycles. The normalized spacial score (nSPS) is 12.6. The Hall–Kier alpha value is -9.21. The van der Waals surface area contributed by atoms with Crippen LogP contribution in [0.2, 0.25) is 0 Å². The number of anilines is 6. The van der Waals surface area contributed by atoms with Gasteiger partial charge in [0.15, 0.2) is 0 Å². The van der Waals surface area contributed by atoms with Crippen molar-refractivity contribution in [3.8, 4) is 39.4 Å². The van der Waals surface area contributed by atoms with E-state index >= 15 is 0 Å². The van der Waals surface area contributed by atoms with Gasteiger partial charge in [-0.3, -0.25) is 0 Å². The highest BCUT2D eigenvalue weighted by Crippen LogP contribution is 2.57. The molecule has 0 spiro atoms. The number of aryl methyl sites for hydroxylation is 1. The lowest BCUT2D eigenvalue weighted by Gasteiger charge is -2.31. The Balaban J connectivity index is 0.980. The molecule has 11 aromatic carbocycles.